The van der Waals surface area contributed by atoms with Gasteiger partial charge < -0.3 is 10.2 Å². The third kappa shape index (κ3) is 4.01. The summed E-state index contributed by atoms with van der Waals surface area (Å²) >= 11 is 1.67. The molecule has 132 valence electrons. The molecule has 0 bridgehead atoms. The fourth-order valence-corrected chi connectivity index (χ4v) is 3.99. The van der Waals surface area contributed by atoms with E-state index in [1.54, 1.807) is 28.8 Å². The number of hydrogen-bond acceptors (Lipinski definition) is 5. The molecule has 2 aliphatic heterocycles. The van der Waals surface area contributed by atoms with Crippen LogP contribution >= 0.6 is 11.8 Å². The van der Waals surface area contributed by atoms with Gasteiger partial charge in [0.15, 0.2) is 0 Å². The lowest BCUT2D eigenvalue weighted by molar-refractivity contribution is -0.128. The van der Waals surface area contributed by atoms with E-state index in [0.29, 0.717) is 24.4 Å². The second-order valence-corrected chi connectivity index (χ2v) is 7.29. The molecular weight excluding hydrogens is 340 g/mol. The maximum atomic E-state index is 12.4. The van der Waals surface area contributed by atoms with Crippen LogP contribution in [0.25, 0.3) is 0 Å². The number of nitrogens with zero attached hydrogens (tertiary/aromatic N) is 2. The summed E-state index contributed by atoms with van der Waals surface area (Å²) < 4.78 is 0. The molecule has 3 rings (SSSR count). The molecule has 0 aromatic heterocycles. The Kier molecular flexibility index (Phi) is 5.37. The van der Waals surface area contributed by atoms with E-state index in [4.69, 9.17) is 0 Å². The highest BCUT2D eigenvalue weighted by Crippen LogP contribution is 2.20. The van der Waals surface area contributed by atoms with Gasteiger partial charge in [-0.1, -0.05) is 19.1 Å². The van der Waals surface area contributed by atoms with E-state index >= 15 is 0 Å². The van der Waals surface area contributed by atoms with Gasteiger partial charge in [0.1, 0.15) is 6.04 Å². The van der Waals surface area contributed by atoms with Crippen LogP contribution in [0.1, 0.15) is 18.9 Å². The van der Waals surface area contributed by atoms with E-state index < -0.39 is 6.04 Å². The molecule has 8 heteroatoms. The van der Waals surface area contributed by atoms with Crippen LogP contribution in [0.2, 0.25) is 0 Å². The van der Waals surface area contributed by atoms with Crippen molar-refractivity contribution in [2.24, 2.45) is 11.0 Å². The molecule has 2 N–H and O–H groups in total. The molecule has 1 aromatic carbocycles. The molecule has 0 spiro atoms. The molecule has 2 unspecified atom stereocenters. The Bertz CT molecular complexity index is 704. The first kappa shape index (κ1) is 17.5. The van der Waals surface area contributed by atoms with E-state index in [2.05, 4.69) is 15.8 Å². The van der Waals surface area contributed by atoms with E-state index in [1.165, 1.54) is 0 Å². The normalized spacial score (nSPS) is 23.5. The molecular formula is C17H20N4O3S. The monoisotopic (exact) mass is 360 g/mol. The lowest BCUT2D eigenvalue weighted by Gasteiger charge is -2.31. The van der Waals surface area contributed by atoms with Crippen LogP contribution in [0.15, 0.2) is 29.4 Å². The third-order valence-electron chi connectivity index (χ3n) is 4.32. The van der Waals surface area contributed by atoms with Gasteiger partial charge in [0, 0.05) is 36.1 Å². The maximum Gasteiger partial charge on any atom is 0.248 e. The summed E-state index contributed by atoms with van der Waals surface area (Å²) in [5, 5.41) is 6.99. The van der Waals surface area contributed by atoms with Gasteiger partial charge in [0.25, 0.3) is 0 Å². The molecule has 25 heavy (non-hydrogen) atoms. The van der Waals surface area contributed by atoms with Gasteiger partial charge in [-0.25, -0.2) is 5.43 Å². The van der Waals surface area contributed by atoms with E-state index in [0.717, 1.165) is 23.4 Å². The number of hydrogen-bond donors (Lipinski definition) is 2. The van der Waals surface area contributed by atoms with E-state index in [-0.39, 0.29) is 17.7 Å². The molecule has 2 heterocycles. The molecule has 2 atom stereocenters. The number of carbonyl (C=O) groups excluding carboxylic acids is 3. The molecule has 0 saturated carbocycles. The smallest absolute Gasteiger partial charge is 0.248 e. The van der Waals surface area contributed by atoms with E-state index in [1.807, 2.05) is 19.1 Å². The Hall–Kier alpha value is -2.35. The lowest BCUT2D eigenvalue weighted by atomic mass is 9.94. The largest absolute Gasteiger partial charge is 0.332 e. The van der Waals surface area contributed by atoms with Crippen molar-refractivity contribution in [2.75, 3.05) is 23.4 Å². The summed E-state index contributed by atoms with van der Waals surface area (Å²) in [6.07, 6.45) is 1.15. The van der Waals surface area contributed by atoms with Gasteiger partial charge in [-0.05, 0) is 17.7 Å². The fraction of sp³-hybridized carbons (Fsp3) is 0.412. The zero-order valence-electron chi connectivity index (χ0n) is 13.9. The standard InChI is InChI=1S/C17H20N4O3S/c1-11-8-15(23)19-20-16(11)12-2-4-13(5-3-12)18-17(24)14-9-25-7-6-21(14)10-22/h2-5,10-11,14H,6-9H2,1H3,(H,18,24)(H,19,23). The Morgan fingerprint density at radius 2 is 2.16 bits per heavy atom. The zero-order valence-corrected chi connectivity index (χ0v) is 14.7. The van der Waals surface area contributed by atoms with Crippen molar-refractivity contribution in [1.29, 1.82) is 0 Å². The minimum Gasteiger partial charge on any atom is -0.332 e. The number of nitrogens with one attached hydrogen (secondary N) is 2. The van der Waals surface area contributed by atoms with Crippen molar-refractivity contribution < 1.29 is 14.4 Å². The van der Waals surface area contributed by atoms with Gasteiger partial charge in [0.05, 0.1) is 5.71 Å². The Morgan fingerprint density at radius 1 is 1.40 bits per heavy atom. The lowest BCUT2D eigenvalue weighted by Crippen LogP contribution is -2.48. The van der Waals surface area contributed by atoms with Crippen molar-refractivity contribution in [2.45, 2.75) is 19.4 Å². The zero-order chi connectivity index (χ0) is 17.8. The quantitative estimate of drug-likeness (QED) is 0.786. The van der Waals surface area contributed by atoms with E-state index in [9.17, 15) is 14.4 Å². The molecule has 1 aromatic rings. The molecule has 1 fully saturated rings. The SMILES string of the molecule is CC1CC(=O)NN=C1c1ccc(NC(=O)C2CSCCN2C=O)cc1. The van der Waals surface area contributed by atoms with Gasteiger partial charge >= 0.3 is 0 Å². The maximum absolute atomic E-state index is 12.4. The summed E-state index contributed by atoms with van der Waals surface area (Å²) in [6.45, 7) is 2.55. The highest BCUT2D eigenvalue weighted by Gasteiger charge is 2.28. The van der Waals surface area contributed by atoms with Crippen LogP contribution in [-0.2, 0) is 14.4 Å². The van der Waals surface area contributed by atoms with Gasteiger partial charge in [0.2, 0.25) is 18.2 Å². The molecule has 3 amide bonds. The number of carbonyl (C=O) groups is 3. The minimum atomic E-state index is -0.436. The van der Waals surface area contributed by atoms with Crippen molar-refractivity contribution in [3.8, 4) is 0 Å². The van der Waals surface area contributed by atoms with Crippen LogP contribution in [0, 0.1) is 5.92 Å². The first-order valence-corrected chi connectivity index (χ1v) is 9.30. The highest BCUT2D eigenvalue weighted by molar-refractivity contribution is 7.99. The average Bonchev–Trinajstić information content (AvgIpc) is 2.62. The molecule has 0 radical (unpaired) electrons. The van der Waals surface area contributed by atoms with Gasteiger partial charge in [-0.15, -0.1) is 0 Å². The van der Waals surface area contributed by atoms with Crippen LogP contribution in [0.5, 0.6) is 0 Å². The van der Waals surface area contributed by atoms with Crippen LogP contribution in [0.3, 0.4) is 0 Å². The average molecular weight is 360 g/mol. The molecule has 1 saturated heterocycles. The van der Waals surface area contributed by atoms with Crippen LogP contribution in [-0.4, -0.2) is 52.9 Å². The summed E-state index contributed by atoms with van der Waals surface area (Å²) in [5.74, 6) is 1.26. The number of hydrazone groups is 1. The van der Waals surface area contributed by atoms with Crippen molar-refractivity contribution in [3.63, 3.8) is 0 Å². The Balaban J connectivity index is 1.67. The molecule has 7 nitrogen and oxygen atoms in total. The Labute approximate surface area is 150 Å². The van der Waals surface area contributed by atoms with Gasteiger partial charge in [-0.2, -0.15) is 16.9 Å². The fourth-order valence-electron chi connectivity index (χ4n) is 2.92. The topological polar surface area (TPSA) is 90.9 Å². The van der Waals surface area contributed by atoms with Gasteiger partial charge in [-0.3, -0.25) is 14.4 Å². The predicted octanol–water partition coefficient (Wildman–Crippen LogP) is 1.06. The second kappa shape index (κ2) is 7.69. The summed E-state index contributed by atoms with van der Waals surface area (Å²) in [4.78, 5) is 36.4. The predicted molar refractivity (Wildman–Crippen MR) is 97.4 cm³/mol. The first-order valence-electron chi connectivity index (χ1n) is 8.15. The minimum absolute atomic E-state index is 0.0506. The number of rotatable bonds is 4. The number of thioether (sulfide) groups is 1. The van der Waals surface area contributed by atoms with Crippen molar-refractivity contribution >= 4 is 41.4 Å². The van der Waals surface area contributed by atoms with Crippen molar-refractivity contribution in [1.82, 2.24) is 10.3 Å². The summed E-state index contributed by atoms with van der Waals surface area (Å²) in [6, 6.07) is 6.92. The summed E-state index contributed by atoms with van der Waals surface area (Å²) in [5.41, 5.74) is 4.91. The molecule has 2 aliphatic rings. The summed E-state index contributed by atoms with van der Waals surface area (Å²) in [7, 11) is 0. The highest BCUT2D eigenvalue weighted by atomic mass is 32.2. The first-order chi connectivity index (χ1) is 12.1. The van der Waals surface area contributed by atoms with Crippen LogP contribution < -0.4 is 10.7 Å². The molecule has 0 aliphatic carbocycles. The second-order valence-electron chi connectivity index (χ2n) is 6.14. The third-order valence-corrected chi connectivity index (χ3v) is 5.34. The number of benzene rings is 1. The Morgan fingerprint density at radius 3 is 2.84 bits per heavy atom. The number of anilines is 1. The number of amides is 3. The van der Waals surface area contributed by atoms with Crippen LogP contribution in [0.4, 0.5) is 5.69 Å². The van der Waals surface area contributed by atoms with Crippen molar-refractivity contribution in [3.05, 3.63) is 29.8 Å².